The molecule has 2 N–H and O–H groups in total. The SMILES string of the molecule is O=C(Nc1nnc(S(=O)(=O)NCCOc2ccc(F)cc2)s1)c1ccc(Cl)cc1Cl. The molecule has 0 aliphatic carbocycles. The molecule has 0 unspecified atom stereocenters. The van der Waals surface area contributed by atoms with E-state index in [0.29, 0.717) is 22.1 Å². The van der Waals surface area contributed by atoms with E-state index in [1.165, 1.54) is 42.5 Å². The van der Waals surface area contributed by atoms with Crippen molar-refractivity contribution in [3.05, 3.63) is 63.9 Å². The molecule has 0 aliphatic heterocycles. The second-order valence-electron chi connectivity index (χ2n) is 5.65. The van der Waals surface area contributed by atoms with E-state index in [2.05, 4.69) is 20.2 Å². The number of aromatic nitrogens is 2. The summed E-state index contributed by atoms with van der Waals surface area (Å²) in [7, 11) is -3.95. The van der Waals surface area contributed by atoms with Crippen molar-refractivity contribution in [2.75, 3.05) is 18.5 Å². The summed E-state index contributed by atoms with van der Waals surface area (Å²) in [6.45, 7) is -0.0380. The second kappa shape index (κ2) is 9.67. The van der Waals surface area contributed by atoms with Crippen molar-refractivity contribution < 1.29 is 22.3 Å². The van der Waals surface area contributed by atoms with Gasteiger partial charge in [0.15, 0.2) is 0 Å². The summed E-state index contributed by atoms with van der Waals surface area (Å²) in [6.07, 6.45) is 0. The Labute approximate surface area is 185 Å². The molecular weight excluding hydrogens is 478 g/mol. The number of benzene rings is 2. The molecule has 0 saturated carbocycles. The number of ether oxygens (including phenoxy) is 1. The lowest BCUT2D eigenvalue weighted by Gasteiger charge is -2.06. The number of carbonyl (C=O) groups is 1. The number of sulfonamides is 1. The van der Waals surface area contributed by atoms with Gasteiger partial charge in [-0.3, -0.25) is 10.1 Å². The molecule has 13 heteroatoms. The summed E-state index contributed by atoms with van der Waals surface area (Å²) in [5.74, 6) is -0.588. The summed E-state index contributed by atoms with van der Waals surface area (Å²) >= 11 is 12.4. The number of carbonyl (C=O) groups excluding carboxylic acids is 1. The van der Waals surface area contributed by atoms with Crippen LogP contribution in [0.2, 0.25) is 10.0 Å². The normalized spacial score (nSPS) is 11.3. The Kier molecular flexibility index (Phi) is 7.21. The Hall–Kier alpha value is -2.31. The van der Waals surface area contributed by atoms with Crippen LogP contribution in [0, 0.1) is 5.82 Å². The number of nitrogens with zero attached hydrogens (tertiary/aromatic N) is 2. The van der Waals surface area contributed by atoms with Crippen LogP contribution < -0.4 is 14.8 Å². The van der Waals surface area contributed by atoms with Crippen LogP contribution in [0.1, 0.15) is 10.4 Å². The van der Waals surface area contributed by atoms with Gasteiger partial charge in [-0.25, -0.2) is 17.5 Å². The molecule has 0 atom stereocenters. The van der Waals surface area contributed by atoms with E-state index in [1.54, 1.807) is 0 Å². The molecule has 0 bridgehead atoms. The Balaban J connectivity index is 1.55. The lowest BCUT2D eigenvalue weighted by atomic mass is 10.2. The van der Waals surface area contributed by atoms with E-state index in [-0.39, 0.29) is 33.2 Å². The highest BCUT2D eigenvalue weighted by Gasteiger charge is 2.21. The van der Waals surface area contributed by atoms with Gasteiger partial charge in [-0.15, -0.1) is 10.2 Å². The first-order chi connectivity index (χ1) is 14.2. The third-order valence-electron chi connectivity index (χ3n) is 3.51. The summed E-state index contributed by atoms with van der Waals surface area (Å²) in [5.41, 5.74) is 0.150. The van der Waals surface area contributed by atoms with Gasteiger partial charge in [0.2, 0.25) is 9.47 Å². The van der Waals surface area contributed by atoms with E-state index in [0.717, 1.165) is 0 Å². The number of anilines is 1. The Morgan fingerprint density at radius 1 is 1.13 bits per heavy atom. The van der Waals surface area contributed by atoms with Crippen LogP contribution in [0.4, 0.5) is 9.52 Å². The van der Waals surface area contributed by atoms with Gasteiger partial charge in [-0.1, -0.05) is 34.5 Å². The molecule has 8 nitrogen and oxygen atoms in total. The molecule has 158 valence electrons. The Morgan fingerprint density at radius 2 is 1.87 bits per heavy atom. The van der Waals surface area contributed by atoms with Crippen molar-refractivity contribution in [2.45, 2.75) is 4.34 Å². The molecule has 30 heavy (non-hydrogen) atoms. The highest BCUT2D eigenvalue weighted by molar-refractivity contribution is 7.91. The van der Waals surface area contributed by atoms with Gasteiger partial charge in [0.1, 0.15) is 18.2 Å². The van der Waals surface area contributed by atoms with Gasteiger partial charge in [0.25, 0.3) is 15.9 Å². The fraction of sp³-hybridized carbons (Fsp3) is 0.118. The van der Waals surface area contributed by atoms with E-state index >= 15 is 0 Å². The monoisotopic (exact) mass is 490 g/mol. The van der Waals surface area contributed by atoms with E-state index < -0.39 is 21.7 Å². The first-order valence-electron chi connectivity index (χ1n) is 8.22. The number of halogens is 3. The van der Waals surface area contributed by atoms with Gasteiger partial charge in [-0.05, 0) is 42.5 Å². The van der Waals surface area contributed by atoms with Crippen LogP contribution >= 0.6 is 34.5 Å². The Morgan fingerprint density at radius 3 is 2.57 bits per heavy atom. The van der Waals surface area contributed by atoms with Crippen molar-refractivity contribution in [3.63, 3.8) is 0 Å². The van der Waals surface area contributed by atoms with Gasteiger partial charge in [0, 0.05) is 11.6 Å². The molecule has 0 radical (unpaired) electrons. The third kappa shape index (κ3) is 5.86. The molecule has 0 saturated heterocycles. The molecule has 1 aromatic heterocycles. The van der Waals surface area contributed by atoms with Crippen LogP contribution in [0.25, 0.3) is 0 Å². The molecule has 3 aromatic rings. The average Bonchev–Trinajstić information content (AvgIpc) is 3.16. The number of hydrogen-bond donors (Lipinski definition) is 2. The van der Waals surface area contributed by atoms with Crippen molar-refractivity contribution in [3.8, 4) is 5.75 Å². The largest absolute Gasteiger partial charge is 0.492 e. The lowest BCUT2D eigenvalue weighted by molar-refractivity contribution is 0.102. The zero-order chi connectivity index (χ0) is 21.7. The zero-order valence-electron chi connectivity index (χ0n) is 14.9. The minimum absolute atomic E-state index is 0.0162. The highest BCUT2D eigenvalue weighted by atomic mass is 35.5. The van der Waals surface area contributed by atoms with Crippen molar-refractivity contribution in [1.29, 1.82) is 0 Å². The van der Waals surface area contributed by atoms with Crippen LogP contribution in [0.3, 0.4) is 0 Å². The van der Waals surface area contributed by atoms with E-state index in [9.17, 15) is 17.6 Å². The van der Waals surface area contributed by atoms with Gasteiger partial charge >= 0.3 is 0 Å². The molecule has 3 rings (SSSR count). The van der Waals surface area contributed by atoms with E-state index in [4.69, 9.17) is 27.9 Å². The molecular formula is C17H13Cl2FN4O4S2. The van der Waals surface area contributed by atoms with Crippen LogP contribution in [0.15, 0.2) is 46.8 Å². The standard InChI is InChI=1S/C17H13Cl2FN4O4S2/c18-10-1-6-13(14(19)9-10)15(25)22-16-23-24-17(29-16)30(26,27)21-7-8-28-12-4-2-11(20)3-5-12/h1-6,9,21H,7-8H2,(H,22,23,25). The molecule has 1 heterocycles. The van der Waals surface area contributed by atoms with Gasteiger partial charge < -0.3 is 4.74 Å². The molecule has 2 aromatic carbocycles. The van der Waals surface area contributed by atoms with Crippen LogP contribution in [0.5, 0.6) is 5.75 Å². The predicted octanol–water partition coefficient (Wildman–Crippen LogP) is 3.59. The van der Waals surface area contributed by atoms with Crippen molar-refractivity contribution in [2.24, 2.45) is 0 Å². The van der Waals surface area contributed by atoms with E-state index in [1.807, 2.05) is 0 Å². The molecule has 0 spiro atoms. The van der Waals surface area contributed by atoms with Crippen molar-refractivity contribution >= 4 is 55.6 Å². The van der Waals surface area contributed by atoms with Gasteiger partial charge in [-0.2, -0.15) is 0 Å². The minimum Gasteiger partial charge on any atom is -0.492 e. The topological polar surface area (TPSA) is 110 Å². The highest BCUT2D eigenvalue weighted by Crippen LogP contribution is 2.24. The lowest BCUT2D eigenvalue weighted by Crippen LogP contribution is -2.28. The maximum atomic E-state index is 12.8. The quantitative estimate of drug-likeness (QED) is 0.368. The number of amides is 1. The maximum Gasteiger partial charge on any atom is 0.269 e. The maximum absolute atomic E-state index is 12.8. The molecule has 0 aliphatic rings. The molecule has 0 fully saturated rings. The summed E-state index contributed by atoms with van der Waals surface area (Å²) in [6, 6.07) is 9.65. The fourth-order valence-corrected chi connectivity index (χ4v) is 4.59. The number of nitrogens with one attached hydrogen (secondary N) is 2. The number of rotatable bonds is 8. The smallest absolute Gasteiger partial charge is 0.269 e. The summed E-state index contributed by atoms with van der Waals surface area (Å²) in [4.78, 5) is 12.3. The predicted molar refractivity (Wildman–Crippen MR) is 111 cm³/mol. The zero-order valence-corrected chi connectivity index (χ0v) is 18.1. The summed E-state index contributed by atoms with van der Waals surface area (Å²) < 4.78 is 44.7. The molecule has 1 amide bonds. The Bertz CT molecular complexity index is 1160. The van der Waals surface area contributed by atoms with Crippen LogP contribution in [-0.2, 0) is 10.0 Å². The average molecular weight is 491 g/mol. The van der Waals surface area contributed by atoms with Gasteiger partial charge in [0.05, 0.1) is 10.6 Å². The summed E-state index contributed by atoms with van der Waals surface area (Å²) in [5, 5.41) is 10.2. The first kappa shape index (κ1) is 22.4. The first-order valence-corrected chi connectivity index (χ1v) is 11.3. The van der Waals surface area contributed by atoms with Crippen LogP contribution in [-0.4, -0.2) is 37.7 Å². The minimum atomic E-state index is -3.95. The second-order valence-corrected chi connectivity index (χ2v) is 9.41. The van der Waals surface area contributed by atoms with Crippen molar-refractivity contribution in [1.82, 2.24) is 14.9 Å². The number of hydrogen-bond acceptors (Lipinski definition) is 7. The third-order valence-corrected chi connectivity index (χ3v) is 6.72. The fourth-order valence-electron chi connectivity index (χ4n) is 2.14.